The highest BCUT2D eigenvalue weighted by atomic mass is 35.5. The third kappa shape index (κ3) is 5.68. The molecule has 0 aromatic carbocycles. The lowest BCUT2D eigenvalue weighted by atomic mass is 9.81. The van der Waals surface area contributed by atoms with Crippen molar-refractivity contribution in [2.45, 2.75) is 33.1 Å². The second kappa shape index (κ2) is 9.88. The van der Waals surface area contributed by atoms with Crippen LogP contribution >= 0.6 is 11.6 Å². The zero-order chi connectivity index (χ0) is 19.1. The minimum absolute atomic E-state index is 0.0593. The number of hydrogen-bond acceptors (Lipinski definition) is 4. The fourth-order valence-corrected chi connectivity index (χ4v) is 3.87. The molecule has 7 heteroatoms. The van der Waals surface area contributed by atoms with Crippen molar-refractivity contribution in [2.75, 3.05) is 32.7 Å². The van der Waals surface area contributed by atoms with Crippen molar-refractivity contribution in [1.82, 2.24) is 14.8 Å². The van der Waals surface area contributed by atoms with Crippen molar-refractivity contribution in [3.8, 4) is 0 Å². The summed E-state index contributed by atoms with van der Waals surface area (Å²) in [7, 11) is 0. The predicted molar refractivity (Wildman–Crippen MR) is 101 cm³/mol. The first-order chi connectivity index (χ1) is 12.4. The van der Waals surface area contributed by atoms with Crippen molar-refractivity contribution in [3.05, 3.63) is 29.0 Å². The van der Waals surface area contributed by atoms with Gasteiger partial charge >= 0.3 is 5.97 Å². The van der Waals surface area contributed by atoms with Gasteiger partial charge in [0.1, 0.15) is 5.15 Å². The summed E-state index contributed by atoms with van der Waals surface area (Å²) >= 11 is 5.90. The van der Waals surface area contributed by atoms with Crippen molar-refractivity contribution in [2.24, 2.45) is 11.8 Å². The molecule has 1 saturated heterocycles. The number of rotatable bonds is 8. The standard InChI is InChI=1S/C19H28ClN3O3/c1-3-22(4-2)9-6-16-13-23(10-7-14(16)12-18(24)25)19(26)15-5-8-21-17(20)11-15/h5,8,11,14,16H,3-4,6-7,9-10,12-13H2,1-2H3,(H,24,25). The molecule has 2 atom stereocenters. The number of hydrogen-bond donors (Lipinski definition) is 1. The van der Waals surface area contributed by atoms with Gasteiger partial charge in [0.2, 0.25) is 0 Å². The number of carbonyl (C=O) groups excluding carboxylic acids is 1. The number of carboxylic acid groups (broad SMARTS) is 1. The van der Waals surface area contributed by atoms with Crippen molar-refractivity contribution < 1.29 is 14.7 Å². The van der Waals surface area contributed by atoms with E-state index in [-0.39, 0.29) is 24.2 Å². The fraction of sp³-hybridized carbons (Fsp3) is 0.632. The zero-order valence-electron chi connectivity index (χ0n) is 15.5. The number of aliphatic carboxylic acids is 1. The lowest BCUT2D eigenvalue weighted by Crippen LogP contribution is -2.45. The summed E-state index contributed by atoms with van der Waals surface area (Å²) in [5.74, 6) is -0.505. The number of piperidine rings is 1. The second-order valence-electron chi connectivity index (χ2n) is 6.84. The topological polar surface area (TPSA) is 73.7 Å². The van der Waals surface area contributed by atoms with Gasteiger partial charge in [-0.25, -0.2) is 4.98 Å². The van der Waals surface area contributed by atoms with Crippen molar-refractivity contribution in [1.29, 1.82) is 0 Å². The van der Waals surface area contributed by atoms with E-state index in [0.29, 0.717) is 23.8 Å². The number of carboxylic acids is 1. The van der Waals surface area contributed by atoms with E-state index < -0.39 is 5.97 Å². The molecule has 0 spiro atoms. The van der Waals surface area contributed by atoms with Gasteiger partial charge in [-0.1, -0.05) is 25.4 Å². The van der Waals surface area contributed by atoms with E-state index in [4.69, 9.17) is 11.6 Å². The Morgan fingerprint density at radius 2 is 2.08 bits per heavy atom. The number of halogens is 1. The van der Waals surface area contributed by atoms with Crippen molar-refractivity contribution >= 4 is 23.5 Å². The maximum absolute atomic E-state index is 12.8. The van der Waals surface area contributed by atoms with Crippen LogP contribution in [0.15, 0.2) is 18.3 Å². The SMILES string of the molecule is CCN(CC)CCC1CN(C(=O)c2ccnc(Cl)c2)CCC1CC(=O)O. The third-order valence-electron chi connectivity index (χ3n) is 5.30. The van der Waals surface area contributed by atoms with E-state index in [1.807, 2.05) is 4.90 Å². The van der Waals surface area contributed by atoms with Gasteiger partial charge in [0, 0.05) is 31.3 Å². The fourth-order valence-electron chi connectivity index (χ4n) is 3.69. The van der Waals surface area contributed by atoms with Crippen LogP contribution in [0.3, 0.4) is 0 Å². The molecule has 0 radical (unpaired) electrons. The van der Waals surface area contributed by atoms with Crippen LogP contribution in [0.2, 0.25) is 5.15 Å². The van der Waals surface area contributed by atoms with E-state index in [0.717, 1.165) is 32.5 Å². The molecule has 1 aromatic heterocycles. The van der Waals surface area contributed by atoms with Crippen LogP contribution in [0.5, 0.6) is 0 Å². The van der Waals surface area contributed by atoms with Gasteiger partial charge in [-0.3, -0.25) is 9.59 Å². The molecule has 2 unspecified atom stereocenters. The number of carbonyl (C=O) groups is 2. The van der Waals surface area contributed by atoms with Crippen LogP contribution in [0.1, 0.15) is 43.5 Å². The van der Waals surface area contributed by atoms with Gasteiger partial charge in [-0.2, -0.15) is 0 Å². The first-order valence-corrected chi connectivity index (χ1v) is 9.67. The summed E-state index contributed by atoms with van der Waals surface area (Å²) < 4.78 is 0. The van der Waals surface area contributed by atoms with E-state index in [2.05, 4.69) is 23.7 Å². The Labute approximate surface area is 160 Å². The van der Waals surface area contributed by atoms with Crippen LogP contribution in [-0.4, -0.2) is 64.5 Å². The Morgan fingerprint density at radius 3 is 2.69 bits per heavy atom. The first-order valence-electron chi connectivity index (χ1n) is 9.29. The molecule has 1 fully saturated rings. The molecule has 26 heavy (non-hydrogen) atoms. The smallest absolute Gasteiger partial charge is 0.303 e. The van der Waals surface area contributed by atoms with E-state index in [1.165, 1.54) is 6.20 Å². The molecule has 2 heterocycles. The highest BCUT2D eigenvalue weighted by molar-refractivity contribution is 6.29. The Morgan fingerprint density at radius 1 is 1.35 bits per heavy atom. The Bertz CT molecular complexity index is 622. The Balaban J connectivity index is 2.07. The van der Waals surface area contributed by atoms with Gasteiger partial charge in [-0.05, 0) is 56.4 Å². The molecule has 2 rings (SSSR count). The van der Waals surface area contributed by atoms with E-state index >= 15 is 0 Å². The summed E-state index contributed by atoms with van der Waals surface area (Å²) in [6.07, 6.45) is 3.33. The number of likely N-dealkylation sites (tertiary alicyclic amines) is 1. The average molecular weight is 382 g/mol. The number of nitrogens with zero attached hydrogens (tertiary/aromatic N) is 3. The summed E-state index contributed by atoms with van der Waals surface area (Å²) in [5.41, 5.74) is 0.532. The summed E-state index contributed by atoms with van der Waals surface area (Å²) in [6.45, 7) is 8.31. The number of amides is 1. The number of pyridine rings is 1. The van der Waals surface area contributed by atoms with E-state index in [9.17, 15) is 14.7 Å². The van der Waals surface area contributed by atoms with Gasteiger partial charge in [0.05, 0.1) is 0 Å². The van der Waals surface area contributed by atoms with Crippen LogP contribution in [0, 0.1) is 11.8 Å². The monoisotopic (exact) mass is 381 g/mol. The summed E-state index contributed by atoms with van der Waals surface area (Å²) in [4.78, 5) is 32.1. The van der Waals surface area contributed by atoms with Crippen LogP contribution in [0.4, 0.5) is 0 Å². The van der Waals surface area contributed by atoms with Gasteiger partial charge < -0.3 is 14.9 Å². The maximum atomic E-state index is 12.8. The summed E-state index contributed by atoms with van der Waals surface area (Å²) in [6, 6.07) is 3.25. The van der Waals surface area contributed by atoms with Crippen LogP contribution in [0.25, 0.3) is 0 Å². The third-order valence-corrected chi connectivity index (χ3v) is 5.51. The van der Waals surface area contributed by atoms with E-state index in [1.54, 1.807) is 12.1 Å². The first kappa shape index (κ1) is 20.6. The predicted octanol–water partition coefficient (Wildman–Crippen LogP) is 3.02. The van der Waals surface area contributed by atoms with Crippen LogP contribution < -0.4 is 0 Å². The Hall–Kier alpha value is -1.66. The normalized spacial score (nSPS) is 20.4. The lowest BCUT2D eigenvalue weighted by Gasteiger charge is -2.39. The molecular formula is C19H28ClN3O3. The van der Waals surface area contributed by atoms with Gasteiger partial charge in [-0.15, -0.1) is 0 Å². The Kier molecular flexibility index (Phi) is 7.85. The molecule has 1 aliphatic rings. The average Bonchev–Trinajstić information content (AvgIpc) is 2.62. The molecule has 0 saturated carbocycles. The zero-order valence-corrected chi connectivity index (χ0v) is 16.3. The molecule has 144 valence electrons. The molecule has 0 aliphatic carbocycles. The molecule has 0 bridgehead atoms. The quantitative estimate of drug-likeness (QED) is 0.700. The molecule has 1 amide bonds. The molecule has 1 N–H and O–H groups in total. The van der Waals surface area contributed by atoms with Gasteiger partial charge in [0.25, 0.3) is 5.91 Å². The molecule has 1 aliphatic heterocycles. The maximum Gasteiger partial charge on any atom is 0.303 e. The van der Waals surface area contributed by atoms with Crippen LogP contribution in [-0.2, 0) is 4.79 Å². The molecule has 1 aromatic rings. The molecular weight excluding hydrogens is 354 g/mol. The van der Waals surface area contributed by atoms with Crippen molar-refractivity contribution in [3.63, 3.8) is 0 Å². The van der Waals surface area contributed by atoms with Gasteiger partial charge in [0.15, 0.2) is 0 Å². The largest absolute Gasteiger partial charge is 0.481 e. The minimum Gasteiger partial charge on any atom is -0.481 e. The minimum atomic E-state index is -0.761. The molecule has 6 nitrogen and oxygen atoms in total. The lowest BCUT2D eigenvalue weighted by molar-refractivity contribution is -0.139. The number of aromatic nitrogens is 1. The summed E-state index contributed by atoms with van der Waals surface area (Å²) in [5, 5.41) is 9.52. The highest BCUT2D eigenvalue weighted by Crippen LogP contribution is 2.30. The highest BCUT2D eigenvalue weighted by Gasteiger charge is 2.33. The second-order valence-corrected chi connectivity index (χ2v) is 7.23.